The van der Waals surface area contributed by atoms with E-state index >= 15 is 0 Å². The van der Waals surface area contributed by atoms with E-state index in [1.54, 1.807) is 6.07 Å². The van der Waals surface area contributed by atoms with Gasteiger partial charge in [0, 0.05) is 31.3 Å². The van der Waals surface area contributed by atoms with E-state index < -0.39 is 10.9 Å². The molecule has 1 saturated heterocycles. The van der Waals surface area contributed by atoms with Crippen molar-refractivity contribution in [1.82, 2.24) is 5.32 Å². The highest BCUT2D eigenvalue weighted by molar-refractivity contribution is 5.97. The fourth-order valence-corrected chi connectivity index (χ4v) is 7.39. The van der Waals surface area contributed by atoms with Crippen molar-refractivity contribution in [3.8, 4) is 0 Å². The third kappa shape index (κ3) is 4.32. The molecule has 1 amide bonds. The summed E-state index contributed by atoms with van der Waals surface area (Å²) in [5.41, 5.74) is 0.792. The van der Waals surface area contributed by atoms with Crippen LogP contribution in [0.4, 0.5) is 11.4 Å². The second kappa shape index (κ2) is 8.61. The maximum atomic E-state index is 12.9. The van der Waals surface area contributed by atoms with Gasteiger partial charge in [-0.1, -0.05) is 0 Å². The molecule has 1 aromatic carbocycles. The standard InChI is InChI=1S/C25H33N3O5/c1-16(25-12-17-8-18(13-25)10-19(9-17)14-25)26-23(29)15-33-24(30)21-11-20(28(31)32)4-5-22(21)27-6-2-3-7-27/h4-5,11,16-19H,2-3,6-10,12-15H2,1H3,(H,26,29). The number of ether oxygens (including phenoxy) is 1. The number of nitrogens with zero attached hydrogens (tertiary/aromatic N) is 2. The Morgan fingerprint density at radius 2 is 1.76 bits per heavy atom. The van der Waals surface area contributed by atoms with Gasteiger partial charge >= 0.3 is 5.97 Å². The number of hydrogen-bond donors (Lipinski definition) is 1. The lowest BCUT2D eigenvalue weighted by molar-refractivity contribution is -0.384. The molecule has 4 saturated carbocycles. The van der Waals surface area contributed by atoms with E-state index in [0.717, 1.165) is 43.7 Å². The molecule has 1 aliphatic heterocycles. The number of rotatable bonds is 7. The number of carbonyl (C=O) groups is 2. The molecule has 8 heteroatoms. The fraction of sp³-hybridized carbons (Fsp3) is 0.680. The van der Waals surface area contributed by atoms with Crippen LogP contribution in [0.15, 0.2) is 18.2 Å². The number of nitro benzene ring substituents is 1. The van der Waals surface area contributed by atoms with E-state index in [0.29, 0.717) is 5.69 Å². The number of nitrogens with one attached hydrogen (secondary N) is 1. The normalized spacial score (nSPS) is 30.8. The lowest BCUT2D eigenvalue weighted by Gasteiger charge is -2.59. The Morgan fingerprint density at radius 1 is 1.15 bits per heavy atom. The molecule has 178 valence electrons. The Hall–Kier alpha value is -2.64. The second-order valence-electron chi connectivity index (χ2n) is 10.8. The van der Waals surface area contributed by atoms with Gasteiger partial charge < -0.3 is 15.0 Å². The Labute approximate surface area is 194 Å². The molecular weight excluding hydrogens is 422 g/mol. The molecule has 5 fully saturated rings. The molecule has 4 aliphatic carbocycles. The quantitative estimate of drug-likeness (QED) is 0.378. The lowest BCUT2D eigenvalue weighted by Crippen LogP contribution is -2.56. The van der Waals surface area contributed by atoms with Gasteiger partial charge in [0.2, 0.25) is 0 Å². The number of benzene rings is 1. The molecule has 0 spiro atoms. The van der Waals surface area contributed by atoms with Crippen LogP contribution in [0.25, 0.3) is 0 Å². The van der Waals surface area contributed by atoms with E-state index in [4.69, 9.17) is 4.74 Å². The summed E-state index contributed by atoms with van der Waals surface area (Å²) in [6.45, 7) is 3.30. The van der Waals surface area contributed by atoms with Gasteiger partial charge in [-0.15, -0.1) is 0 Å². The highest BCUT2D eigenvalue weighted by Crippen LogP contribution is 2.61. The maximum absolute atomic E-state index is 12.9. The lowest BCUT2D eigenvalue weighted by atomic mass is 9.48. The molecule has 1 heterocycles. The topological polar surface area (TPSA) is 102 Å². The van der Waals surface area contributed by atoms with Crippen molar-refractivity contribution in [3.05, 3.63) is 33.9 Å². The zero-order chi connectivity index (χ0) is 23.2. The zero-order valence-corrected chi connectivity index (χ0v) is 19.3. The summed E-state index contributed by atoms with van der Waals surface area (Å²) in [6.07, 6.45) is 9.62. The Bertz CT molecular complexity index is 920. The molecule has 1 N–H and O–H groups in total. The summed E-state index contributed by atoms with van der Waals surface area (Å²) in [5.74, 6) is 1.39. The van der Waals surface area contributed by atoms with Crippen LogP contribution in [-0.4, -0.2) is 42.5 Å². The second-order valence-corrected chi connectivity index (χ2v) is 10.8. The molecule has 1 atom stereocenters. The van der Waals surface area contributed by atoms with Gasteiger partial charge in [0.25, 0.3) is 11.6 Å². The van der Waals surface area contributed by atoms with E-state index in [-0.39, 0.29) is 35.2 Å². The third-order valence-corrected chi connectivity index (χ3v) is 8.57. The first-order valence-electron chi connectivity index (χ1n) is 12.3. The van der Waals surface area contributed by atoms with E-state index in [9.17, 15) is 19.7 Å². The van der Waals surface area contributed by atoms with Crippen LogP contribution in [0.1, 0.15) is 68.6 Å². The molecule has 0 aromatic heterocycles. The first-order chi connectivity index (χ1) is 15.8. The monoisotopic (exact) mass is 455 g/mol. The first kappa shape index (κ1) is 22.2. The summed E-state index contributed by atoms with van der Waals surface area (Å²) in [5, 5.41) is 14.3. The third-order valence-electron chi connectivity index (χ3n) is 8.57. The van der Waals surface area contributed by atoms with Crippen molar-refractivity contribution in [1.29, 1.82) is 0 Å². The number of hydrogen-bond acceptors (Lipinski definition) is 6. The number of anilines is 1. The molecular formula is C25H33N3O5. The molecule has 6 rings (SSSR count). The zero-order valence-electron chi connectivity index (χ0n) is 19.3. The van der Waals surface area contributed by atoms with Crippen LogP contribution in [0.5, 0.6) is 0 Å². The summed E-state index contributed by atoms with van der Waals surface area (Å²) < 4.78 is 5.34. The molecule has 0 radical (unpaired) electrons. The minimum Gasteiger partial charge on any atom is -0.452 e. The minimum absolute atomic E-state index is 0.0510. The van der Waals surface area contributed by atoms with Gasteiger partial charge in [-0.2, -0.15) is 0 Å². The van der Waals surface area contributed by atoms with Crippen LogP contribution in [0, 0.1) is 33.3 Å². The van der Waals surface area contributed by atoms with Gasteiger partial charge in [0.1, 0.15) is 0 Å². The molecule has 4 bridgehead atoms. The van der Waals surface area contributed by atoms with Crippen molar-refractivity contribution < 1.29 is 19.2 Å². The molecule has 1 aromatic rings. The van der Waals surface area contributed by atoms with Crippen LogP contribution in [0.2, 0.25) is 0 Å². The van der Waals surface area contributed by atoms with Crippen molar-refractivity contribution in [2.45, 2.75) is 64.3 Å². The van der Waals surface area contributed by atoms with Crippen molar-refractivity contribution in [2.24, 2.45) is 23.2 Å². The number of non-ortho nitro benzene ring substituents is 1. The molecule has 8 nitrogen and oxygen atoms in total. The SMILES string of the molecule is CC(NC(=O)COC(=O)c1cc([N+](=O)[O-])ccc1N1CCCC1)C12CC3CC(CC(C3)C1)C2. The van der Waals surface area contributed by atoms with Gasteiger partial charge in [-0.3, -0.25) is 14.9 Å². The Balaban J connectivity index is 1.22. The van der Waals surface area contributed by atoms with Gasteiger partial charge in [-0.25, -0.2) is 4.79 Å². The van der Waals surface area contributed by atoms with Gasteiger partial charge in [0.15, 0.2) is 6.61 Å². The van der Waals surface area contributed by atoms with Gasteiger partial charge in [-0.05, 0) is 87.5 Å². The summed E-state index contributed by atoms with van der Waals surface area (Å²) >= 11 is 0. The van der Waals surface area contributed by atoms with Crippen LogP contribution >= 0.6 is 0 Å². The highest BCUT2D eigenvalue weighted by Gasteiger charge is 2.53. The first-order valence-corrected chi connectivity index (χ1v) is 12.3. The fourth-order valence-electron chi connectivity index (χ4n) is 7.39. The van der Waals surface area contributed by atoms with E-state index in [1.807, 2.05) is 4.90 Å². The smallest absolute Gasteiger partial charge is 0.341 e. The average Bonchev–Trinajstić information content (AvgIpc) is 3.31. The van der Waals surface area contributed by atoms with E-state index in [2.05, 4.69) is 12.2 Å². The number of nitro groups is 1. The largest absolute Gasteiger partial charge is 0.452 e. The number of carbonyl (C=O) groups excluding carboxylic acids is 2. The molecule has 5 aliphatic rings. The van der Waals surface area contributed by atoms with Crippen LogP contribution < -0.4 is 10.2 Å². The summed E-state index contributed by atoms with van der Waals surface area (Å²) in [4.78, 5) is 38.3. The predicted octanol–water partition coefficient (Wildman–Crippen LogP) is 4.07. The van der Waals surface area contributed by atoms with Crippen molar-refractivity contribution in [3.63, 3.8) is 0 Å². The van der Waals surface area contributed by atoms with Gasteiger partial charge in [0.05, 0.1) is 16.2 Å². The summed E-state index contributed by atoms with van der Waals surface area (Å²) in [7, 11) is 0. The van der Waals surface area contributed by atoms with E-state index in [1.165, 1.54) is 50.7 Å². The Morgan fingerprint density at radius 3 is 2.33 bits per heavy atom. The van der Waals surface area contributed by atoms with Crippen LogP contribution in [0.3, 0.4) is 0 Å². The molecule has 33 heavy (non-hydrogen) atoms. The average molecular weight is 456 g/mol. The minimum atomic E-state index is -0.696. The number of esters is 1. The van der Waals surface area contributed by atoms with Crippen LogP contribution in [-0.2, 0) is 9.53 Å². The maximum Gasteiger partial charge on any atom is 0.341 e. The highest BCUT2D eigenvalue weighted by atomic mass is 16.6. The predicted molar refractivity (Wildman–Crippen MR) is 123 cm³/mol. The molecule has 1 unspecified atom stereocenters. The summed E-state index contributed by atoms with van der Waals surface area (Å²) in [6, 6.07) is 4.32. The Kier molecular flexibility index (Phi) is 5.79. The number of amides is 1. The van der Waals surface area contributed by atoms with Crippen molar-refractivity contribution in [2.75, 3.05) is 24.6 Å². The van der Waals surface area contributed by atoms with Crippen molar-refractivity contribution >= 4 is 23.3 Å².